The van der Waals surface area contributed by atoms with Crippen LogP contribution in [0.5, 0.6) is 5.75 Å². The fourth-order valence-electron chi connectivity index (χ4n) is 0.757. The van der Waals surface area contributed by atoms with Crippen LogP contribution in [0.2, 0.25) is 15.1 Å². The zero-order valence-corrected chi connectivity index (χ0v) is 10.2. The summed E-state index contributed by atoms with van der Waals surface area (Å²) in [6.45, 7) is 1.05. The molecule has 0 aliphatic heterocycles. The lowest BCUT2D eigenvalue weighted by Gasteiger charge is -2.10. The summed E-state index contributed by atoms with van der Waals surface area (Å²) in [6, 6.07) is 2.63. The second kappa shape index (κ2) is 4.30. The van der Waals surface area contributed by atoms with E-state index < -0.39 is 7.60 Å². The van der Waals surface area contributed by atoms with Gasteiger partial charge in [0.05, 0.1) is 15.1 Å². The average Bonchev–Trinajstić information content (AvgIpc) is 1.97. The van der Waals surface area contributed by atoms with E-state index in [2.05, 4.69) is 0 Å². The molecule has 7 heteroatoms. The highest BCUT2D eigenvalue weighted by molar-refractivity contribution is 7.52. The molecule has 0 aromatic heterocycles. The summed E-state index contributed by atoms with van der Waals surface area (Å²) in [6.07, 6.45) is 0. The van der Waals surface area contributed by atoms with Crippen LogP contribution in [0.15, 0.2) is 12.1 Å². The highest BCUT2D eigenvalue weighted by atomic mass is 35.5. The van der Waals surface area contributed by atoms with Gasteiger partial charge in [0.25, 0.3) is 0 Å². The highest BCUT2D eigenvalue weighted by Crippen LogP contribution is 2.43. The summed E-state index contributed by atoms with van der Waals surface area (Å²) in [4.78, 5) is 8.95. The van der Waals surface area contributed by atoms with Crippen LogP contribution in [0, 0.1) is 0 Å². The van der Waals surface area contributed by atoms with Crippen molar-refractivity contribution in [2.24, 2.45) is 0 Å². The molecular weight excluding hydrogens is 269 g/mol. The summed E-state index contributed by atoms with van der Waals surface area (Å²) in [5.74, 6) is 0.0365. The Kier molecular flexibility index (Phi) is 3.73. The van der Waals surface area contributed by atoms with E-state index in [1.54, 1.807) is 0 Å². The van der Waals surface area contributed by atoms with E-state index in [1.165, 1.54) is 12.1 Å². The smallest absolute Gasteiger partial charge is 0.373 e. The Morgan fingerprint density at radius 2 is 1.71 bits per heavy atom. The van der Waals surface area contributed by atoms with Gasteiger partial charge in [0.1, 0.15) is 5.75 Å². The molecule has 0 aliphatic carbocycles. The zero-order valence-electron chi connectivity index (χ0n) is 7.00. The summed E-state index contributed by atoms with van der Waals surface area (Å²) in [5, 5.41) is 0.600. The Morgan fingerprint density at radius 1 is 1.21 bits per heavy atom. The van der Waals surface area contributed by atoms with E-state index in [1.807, 2.05) is 0 Å². The third-order valence-corrected chi connectivity index (χ3v) is 2.80. The molecule has 0 radical (unpaired) electrons. The molecule has 0 saturated heterocycles. The minimum Gasteiger partial charge on any atom is -0.423 e. The van der Waals surface area contributed by atoms with Gasteiger partial charge in [-0.1, -0.05) is 34.8 Å². The molecule has 1 N–H and O–H groups in total. The molecule has 0 bridgehead atoms. The van der Waals surface area contributed by atoms with Crippen molar-refractivity contribution in [1.29, 1.82) is 0 Å². The number of rotatable bonds is 2. The van der Waals surface area contributed by atoms with Crippen molar-refractivity contribution in [3.63, 3.8) is 0 Å². The largest absolute Gasteiger partial charge is 0.423 e. The van der Waals surface area contributed by atoms with Crippen molar-refractivity contribution in [2.75, 3.05) is 6.66 Å². The monoisotopic (exact) mass is 274 g/mol. The van der Waals surface area contributed by atoms with Crippen LogP contribution in [-0.4, -0.2) is 11.6 Å². The molecule has 1 aromatic rings. The first-order valence-electron chi connectivity index (χ1n) is 3.44. The molecule has 78 valence electrons. The van der Waals surface area contributed by atoms with E-state index in [9.17, 15) is 4.57 Å². The van der Waals surface area contributed by atoms with Gasteiger partial charge in [-0.05, 0) is 6.07 Å². The van der Waals surface area contributed by atoms with Gasteiger partial charge in [-0.3, -0.25) is 0 Å². The molecule has 1 rings (SSSR count). The first-order valence-corrected chi connectivity index (χ1v) is 6.60. The molecule has 1 aromatic carbocycles. The number of benzene rings is 1. The van der Waals surface area contributed by atoms with Crippen molar-refractivity contribution >= 4 is 42.4 Å². The lowest BCUT2D eigenvalue weighted by molar-refractivity contribution is 0.387. The number of halogens is 3. The molecule has 0 amide bonds. The lowest BCUT2D eigenvalue weighted by atomic mass is 10.3. The molecule has 0 saturated carbocycles. The maximum atomic E-state index is 10.9. The third-order valence-electron chi connectivity index (χ3n) is 1.24. The van der Waals surface area contributed by atoms with Crippen LogP contribution < -0.4 is 4.52 Å². The maximum Gasteiger partial charge on any atom is 0.373 e. The van der Waals surface area contributed by atoms with Crippen molar-refractivity contribution in [2.45, 2.75) is 0 Å². The molecule has 14 heavy (non-hydrogen) atoms. The van der Waals surface area contributed by atoms with E-state index in [0.717, 1.165) is 6.66 Å². The van der Waals surface area contributed by atoms with Crippen molar-refractivity contribution in [3.05, 3.63) is 27.2 Å². The maximum absolute atomic E-state index is 10.9. The zero-order chi connectivity index (χ0) is 10.9. The minimum atomic E-state index is -3.64. The van der Waals surface area contributed by atoms with Crippen molar-refractivity contribution in [3.8, 4) is 5.75 Å². The standard InChI is InChI=1S/C7H6Cl3O3P/c1-14(11,12)13-7-3-5(9)4(8)2-6(7)10/h2-3H,1H3,(H,11,12). The summed E-state index contributed by atoms with van der Waals surface area (Å²) in [5.41, 5.74) is 0. The first-order chi connectivity index (χ1) is 6.29. The van der Waals surface area contributed by atoms with Crippen LogP contribution in [0.3, 0.4) is 0 Å². The lowest BCUT2D eigenvalue weighted by Crippen LogP contribution is -1.90. The van der Waals surface area contributed by atoms with Gasteiger partial charge in [-0.15, -0.1) is 0 Å². The number of hydrogen-bond acceptors (Lipinski definition) is 2. The van der Waals surface area contributed by atoms with Gasteiger partial charge in [-0.25, -0.2) is 4.57 Å². The third kappa shape index (κ3) is 3.34. The Balaban J connectivity index is 3.11. The number of hydrogen-bond donors (Lipinski definition) is 1. The SMILES string of the molecule is CP(=O)(O)Oc1cc(Cl)c(Cl)cc1Cl. The second-order valence-electron chi connectivity index (χ2n) is 2.59. The second-order valence-corrected chi connectivity index (χ2v) is 5.60. The predicted molar refractivity (Wildman–Crippen MR) is 57.8 cm³/mol. The minimum absolute atomic E-state index is 0.0365. The van der Waals surface area contributed by atoms with Gasteiger partial charge in [0, 0.05) is 12.7 Å². The molecule has 1 unspecified atom stereocenters. The normalized spacial score (nSPS) is 14.9. The molecule has 0 fully saturated rings. The van der Waals surface area contributed by atoms with E-state index in [0.29, 0.717) is 0 Å². The summed E-state index contributed by atoms with van der Waals surface area (Å²) < 4.78 is 15.6. The fourth-order valence-corrected chi connectivity index (χ4v) is 1.90. The molecule has 0 aliphatic rings. The van der Waals surface area contributed by atoms with Crippen molar-refractivity contribution < 1.29 is 14.0 Å². The topological polar surface area (TPSA) is 46.5 Å². The molecule has 1 atom stereocenters. The summed E-state index contributed by atoms with van der Waals surface area (Å²) in [7, 11) is -3.64. The van der Waals surface area contributed by atoms with Gasteiger partial charge < -0.3 is 9.42 Å². The van der Waals surface area contributed by atoms with Gasteiger partial charge in [0.15, 0.2) is 0 Å². The Hall–Kier alpha value is 0.0800. The van der Waals surface area contributed by atoms with E-state index >= 15 is 0 Å². The van der Waals surface area contributed by atoms with Crippen LogP contribution in [-0.2, 0) is 4.57 Å². The average molecular weight is 275 g/mol. The fraction of sp³-hybridized carbons (Fsp3) is 0.143. The van der Waals surface area contributed by atoms with E-state index in [-0.39, 0.29) is 20.8 Å². The predicted octanol–water partition coefficient (Wildman–Crippen LogP) is 3.84. The van der Waals surface area contributed by atoms with Crippen LogP contribution in [0.1, 0.15) is 0 Å². The highest BCUT2D eigenvalue weighted by Gasteiger charge is 2.15. The molecule has 0 spiro atoms. The summed E-state index contributed by atoms with van der Waals surface area (Å²) >= 11 is 17.0. The quantitative estimate of drug-likeness (QED) is 0.659. The Bertz CT molecular complexity index is 401. The van der Waals surface area contributed by atoms with Crippen LogP contribution >= 0.6 is 42.4 Å². The van der Waals surface area contributed by atoms with Crippen LogP contribution in [0.25, 0.3) is 0 Å². The van der Waals surface area contributed by atoms with Gasteiger partial charge in [0.2, 0.25) is 0 Å². The van der Waals surface area contributed by atoms with Crippen molar-refractivity contribution in [1.82, 2.24) is 0 Å². The Morgan fingerprint density at radius 3 is 2.21 bits per heavy atom. The molecular formula is C7H6Cl3O3P. The van der Waals surface area contributed by atoms with Gasteiger partial charge >= 0.3 is 7.60 Å². The van der Waals surface area contributed by atoms with Crippen LogP contribution in [0.4, 0.5) is 0 Å². The Labute approximate surface area is 96.1 Å². The molecule has 0 heterocycles. The first kappa shape index (κ1) is 12.2. The van der Waals surface area contributed by atoms with E-state index in [4.69, 9.17) is 44.2 Å². The van der Waals surface area contributed by atoms with Gasteiger partial charge in [-0.2, -0.15) is 0 Å². The molecule has 3 nitrogen and oxygen atoms in total.